The summed E-state index contributed by atoms with van der Waals surface area (Å²) in [6, 6.07) is 0. The van der Waals surface area contributed by atoms with Crippen LogP contribution in [0.15, 0.2) is 48.6 Å². The van der Waals surface area contributed by atoms with Crippen molar-refractivity contribution in [1.29, 1.82) is 0 Å². The van der Waals surface area contributed by atoms with E-state index in [2.05, 4.69) is 69.4 Å². The smallest absolute Gasteiger partial charge is 0.462 e. The molecule has 0 amide bonds. The van der Waals surface area contributed by atoms with Crippen molar-refractivity contribution in [1.82, 2.24) is 0 Å². The van der Waals surface area contributed by atoms with E-state index in [9.17, 15) is 28.9 Å². The summed E-state index contributed by atoms with van der Waals surface area (Å²) < 4.78 is 39.5. The van der Waals surface area contributed by atoms with Crippen LogP contribution in [-0.2, 0) is 42.2 Å². The van der Waals surface area contributed by atoms with Crippen molar-refractivity contribution in [3.8, 4) is 0 Å². The lowest BCUT2D eigenvalue weighted by Gasteiger charge is -2.21. The lowest BCUT2D eigenvalue weighted by molar-refractivity contribution is -0.161. The number of aliphatic hydroxyl groups excluding tert-OH is 1. The van der Waals surface area contributed by atoms with Gasteiger partial charge in [-0.2, -0.15) is 0 Å². The molecule has 0 aromatic rings. The summed E-state index contributed by atoms with van der Waals surface area (Å²) in [7, 11) is -4.74. The van der Waals surface area contributed by atoms with Crippen molar-refractivity contribution in [2.45, 2.75) is 290 Å². The van der Waals surface area contributed by atoms with Crippen LogP contribution in [0.5, 0.6) is 0 Å². The molecule has 0 aromatic heterocycles. The van der Waals surface area contributed by atoms with Gasteiger partial charge in [-0.05, 0) is 83.5 Å². The highest BCUT2D eigenvalue weighted by Gasteiger charge is 2.28. The second-order valence-corrected chi connectivity index (χ2v) is 21.3. The molecular weight excluding hydrogens is 928 g/mol. The Labute approximate surface area is 441 Å². The maximum Gasteiger partial charge on any atom is 0.472 e. The van der Waals surface area contributed by atoms with Gasteiger partial charge in [0.2, 0.25) is 0 Å². The highest BCUT2D eigenvalue weighted by Crippen LogP contribution is 2.43. The number of hydrogen-bond donors (Lipinski definition) is 2. The van der Waals surface area contributed by atoms with Gasteiger partial charge in [-0.3, -0.25) is 23.4 Å². The van der Waals surface area contributed by atoms with Crippen molar-refractivity contribution in [3.63, 3.8) is 0 Å². The molecule has 0 radical (unpaired) electrons. The lowest BCUT2D eigenvalue weighted by atomic mass is 10.1. The minimum Gasteiger partial charge on any atom is -0.462 e. The first-order valence-corrected chi connectivity index (χ1v) is 31.0. The van der Waals surface area contributed by atoms with Crippen LogP contribution in [0.25, 0.3) is 0 Å². The van der Waals surface area contributed by atoms with Crippen molar-refractivity contribution in [2.24, 2.45) is 0 Å². The number of phosphoric acid groups is 1. The molecule has 0 aliphatic rings. The highest BCUT2D eigenvalue weighted by molar-refractivity contribution is 7.47. The summed E-state index contributed by atoms with van der Waals surface area (Å²) in [5, 5.41) is 9.78. The summed E-state index contributed by atoms with van der Waals surface area (Å²) in [6.45, 7) is 4.60. The zero-order valence-electron chi connectivity index (χ0n) is 46.4. The number of unbranched alkanes of at least 4 members (excludes halogenated alkanes) is 30. The molecule has 0 heterocycles. The van der Waals surface area contributed by atoms with E-state index in [4.69, 9.17) is 23.3 Å². The molecule has 0 aliphatic heterocycles. The Balaban J connectivity index is 4.72. The monoisotopic (exact) mass is 1040 g/mol. The van der Waals surface area contributed by atoms with Crippen molar-refractivity contribution >= 4 is 25.7 Å². The number of ether oxygens (including phenoxy) is 3. The number of aliphatic hydroxyl groups is 1. The number of carbonyl (C=O) groups excluding carboxylic acids is 3. The first-order chi connectivity index (χ1) is 35.2. The third-order valence-electron chi connectivity index (χ3n) is 12.7. The Kier molecular flexibility index (Phi) is 52.7. The number of carbonyl (C=O) groups is 3. The van der Waals surface area contributed by atoms with Crippen LogP contribution in [0.4, 0.5) is 0 Å². The molecule has 3 atom stereocenters. The second kappa shape index (κ2) is 54.7. The summed E-state index contributed by atoms with van der Waals surface area (Å²) in [6.07, 6.45) is 57.9. The zero-order chi connectivity index (χ0) is 52.7. The van der Waals surface area contributed by atoms with Crippen LogP contribution in [0, 0.1) is 0 Å². The van der Waals surface area contributed by atoms with Gasteiger partial charge < -0.3 is 24.2 Å². The first-order valence-electron chi connectivity index (χ1n) is 29.5. The Bertz CT molecular complexity index is 1400. The predicted molar refractivity (Wildman–Crippen MR) is 298 cm³/mol. The molecule has 420 valence electrons. The maximum absolute atomic E-state index is 12.9. The number of esters is 3. The number of hydrogen-bond acceptors (Lipinski definition) is 10. The molecule has 2 N–H and O–H groups in total. The van der Waals surface area contributed by atoms with Crippen molar-refractivity contribution in [2.75, 3.05) is 26.4 Å². The summed E-state index contributed by atoms with van der Waals surface area (Å²) in [4.78, 5) is 48.5. The second-order valence-electron chi connectivity index (χ2n) is 19.8. The molecule has 0 saturated heterocycles. The van der Waals surface area contributed by atoms with Crippen molar-refractivity contribution in [3.05, 3.63) is 48.6 Å². The SMILES string of the molecule is CCCCC/C=C\C/C=C\C/C=C\CCCCCCCCC(=O)OC(COC(=O)CCCCCCCCC/C=C\CCCCCCCC)COP(=O)(O)OCC(CO)OC(=O)CCCCCCCCCCC. The first kappa shape index (κ1) is 69.4. The summed E-state index contributed by atoms with van der Waals surface area (Å²) in [5.41, 5.74) is 0. The van der Waals surface area contributed by atoms with E-state index in [1.165, 1.54) is 122 Å². The molecule has 0 bridgehead atoms. The van der Waals surface area contributed by atoms with Gasteiger partial charge in [0.1, 0.15) is 12.7 Å². The van der Waals surface area contributed by atoms with Crippen LogP contribution in [0.2, 0.25) is 0 Å². The summed E-state index contributed by atoms with van der Waals surface area (Å²) in [5.74, 6) is -1.47. The Hall–Kier alpha value is -2.56. The molecule has 0 saturated carbocycles. The standard InChI is InChI=1S/C60H109O11P/c1-4-7-10-13-16-19-21-23-25-27-28-30-32-34-36-39-42-45-48-51-60(64)71-57(53-67-58(62)49-46-43-40-38-35-33-31-29-26-24-22-20-17-14-11-8-5-2)55-69-72(65,66)68-54-56(52-61)70-59(63)50-47-44-41-37-18-15-12-9-6-3/h16,19,23-26,28,30,56-57,61H,4-15,17-18,20-22,27,29,31-55H2,1-3H3,(H,65,66)/b19-16-,25-23-,26-24-,30-28-. The van der Waals surface area contributed by atoms with Gasteiger partial charge in [-0.15, -0.1) is 0 Å². The minimum atomic E-state index is -4.74. The minimum absolute atomic E-state index is 0.154. The third kappa shape index (κ3) is 52.3. The average molecular weight is 1040 g/mol. The Morgan fingerprint density at radius 2 is 0.681 bits per heavy atom. The predicted octanol–water partition coefficient (Wildman–Crippen LogP) is 17.4. The molecule has 0 aromatic carbocycles. The van der Waals surface area contributed by atoms with E-state index in [-0.39, 0.29) is 25.9 Å². The molecule has 0 rings (SSSR count). The van der Waals surface area contributed by atoms with Crippen LogP contribution < -0.4 is 0 Å². The molecule has 0 aliphatic carbocycles. The van der Waals surface area contributed by atoms with Gasteiger partial charge in [-0.25, -0.2) is 4.57 Å². The lowest BCUT2D eigenvalue weighted by Crippen LogP contribution is -2.30. The number of rotatable bonds is 55. The largest absolute Gasteiger partial charge is 0.472 e. The van der Waals surface area contributed by atoms with E-state index < -0.39 is 57.8 Å². The van der Waals surface area contributed by atoms with Gasteiger partial charge >= 0.3 is 25.7 Å². The molecule has 3 unspecified atom stereocenters. The molecule has 12 heteroatoms. The summed E-state index contributed by atoms with van der Waals surface area (Å²) >= 11 is 0. The van der Waals surface area contributed by atoms with Crippen LogP contribution in [0.3, 0.4) is 0 Å². The molecule has 11 nitrogen and oxygen atoms in total. The van der Waals surface area contributed by atoms with Crippen LogP contribution >= 0.6 is 7.82 Å². The topological polar surface area (TPSA) is 155 Å². The third-order valence-corrected chi connectivity index (χ3v) is 13.7. The molecule has 72 heavy (non-hydrogen) atoms. The average Bonchev–Trinajstić information content (AvgIpc) is 3.37. The molecular formula is C60H109O11P. The van der Waals surface area contributed by atoms with E-state index in [1.807, 2.05) is 0 Å². The quantitative estimate of drug-likeness (QED) is 0.0197. The normalized spacial score (nSPS) is 13.7. The molecule has 0 spiro atoms. The van der Waals surface area contributed by atoms with E-state index >= 15 is 0 Å². The fourth-order valence-electron chi connectivity index (χ4n) is 8.18. The van der Waals surface area contributed by atoms with Gasteiger partial charge in [0.25, 0.3) is 0 Å². The fraction of sp³-hybridized carbons (Fsp3) is 0.817. The van der Waals surface area contributed by atoms with E-state index in [0.717, 1.165) is 96.3 Å². The van der Waals surface area contributed by atoms with Crippen molar-refractivity contribution < 1.29 is 52.2 Å². The fourth-order valence-corrected chi connectivity index (χ4v) is 8.97. The molecule has 0 fully saturated rings. The highest BCUT2D eigenvalue weighted by atomic mass is 31.2. The van der Waals surface area contributed by atoms with Crippen LogP contribution in [-0.4, -0.2) is 66.5 Å². The van der Waals surface area contributed by atoms with Gasteiger partial charge in [-0.1, -0.05) is 223 Å². The van der Waals surface area contributed by atoms with Gasteiger partial charge in [0, 0.05) is 19.3 Å². The number of allylic oxidation sites excluding steroid dienone is 8. The van der Waals surface area contributed by atoms with Crippen LogP contribution in [0.1, 0.15) is 278 Å². The number of phosphoric ester groups is 1. The maximum atomic E-state index is 12.9. The van der Waals surface area contributed by atoms with Gasteiger partial charge in [0.15, 0.2) is 6.10 Å². The van der Waals surface area contributed by atoms with E-state index in [1.54, 1.807) is 0 Å². The van der Waals surface area contributed by atoms with Gasteiger partial charge in [0.05, 0.1) is 19.8 Å². The Morgan fingerprint density at radius 1 is 0.389 bits per heavy atom. The van der Waals surface area contributed by atoms with E-state index in [0.29, 0.717) is 19.3 Å². The zero-order valence-corrected chi connectivity index (χ0v) is 47.3. The Morgan fingerprint density at radius 3 is 1.08 bits per heavy atom.